The van der Waals surface area contributed by atoms with Gasteiger partial charge in [-0.15, -0.1) is 0 Å². The summed E-state index contributed by atoms with van der Waals surface area (Å²) in [5, 5.41) is 3.54. The second kappa shape index (κ2) is 6.22. The summed E-state index contributed by atoms with van der Waals surface area (Å²) >= 11 is 0. The van der Waals surface area contributed by atoms with Gasteiger partial charge in [0.1, 0.15) is 5.82 Å². The van der Waals surface area contributed by atoms with E-state index in [-0.39, 0.29) is 0 Å². The Kier molecular flexibility index (Phi) is 4.15. The molecule has 1 N–H and O–H groups in total. The molecule has 21 heavy (non-hydrogen) atoms. The zero-order chi connectivity index (χ0) is 14.7. The first-order valence-corrected chi connectivity index (χ1v) is 7.53. The predicted octanol–water partition coefficient (Wildman–Crippen LogP) is 2.67. The molecule has 0 bridgehead atoms. The molecule has 2 aromatic heterocycles. The molecule has 1 aliphatic carbocycles. The van der Waals surface area contributed by atoms with E-state index < -0.39 is 0 Å². The van der Waals surface area contributed by atoms with Gasteiger partial charge in [-0.3, -0.25) is 4.98 Å². The number of rotatable bonds is 6. The summed E-state index contributed by atoms with van der Waals surface area (Å²) in [5.74, 6) is 0.994. The number of aryl methyl sites for hydroxylation is 1. The molecule has 2 heterocycles. The SMILES string of the molecule is Cc1cccc(CN(C)c2cc(CNC3CC3)ccn2)n1. The lowest BCUT2D eigenvalue weighted by molar-refractivity contribution is 0.686. The van der Waals surface area contributed by atoms with Crippen LogP contribution >= 0.6 is 0 Å². The van der Waals surface area contributed by atoms with Crippen LogP contribution in [0.1, 0.15) is 29.8 Å². The van der Waals surface area contributed by atoms with E-state index in [1.165, 1.54) is 18.4 Å². The minimum Gasteiger partial charge on any atom is -0.354 e. The Morgan fingerprint density at radius 3 is 2.90 bits per heavy atom. The van der Waals surface area contributed by atoms with Crippen molar-refractivity contribution in [1.82, 2.24) is 15.3 Å². The summed E-state index contributed by atoms with van der Waals surface area (Å²) in [7, 11) is 2.06. The third-order valence-corrected chi connectivity index (χ3v) is 3.72. The molecule has 4 heteroatoms. The quantitative estimate of drug-likeness (QED) is 0.884. The van der Waals surface area contributed by atoms with E-state index in [9.17, 15) is 0 Å². The summed E-state index contributed by atoms with van der Waals surface area (Å²) in [5.41, 5.74) is 3.41. The largest absolute Gasteiger partial charge is 0.354 e. The fourth-order valence-corrected chi connectivity index (χ4v) is 2.34. The molecule has 4 nitrogen and oxygen atoms in total. The van der Waals surface area contributed by atoms with Crippen LogP contribution in [0.4, 0.5) is 5.82 Å². The Hall–Kier alpha value is -1.94. The molecule has 0 amide bonds. The van der Waals surface area contributed by atoms with Gasteiger partial charge in [-0.1, -0.05) is 6.07 Å². The molecule has 0 unspecified atom stereocenters. The number of nitrogens with one attached hydrogen (secondary N) is 1. The van der Waals surface area contributed by atoms with E-state index >= 15 is 0 Å². The maximum absolute atomic E-state index is 4.55. The highest BCUT2D eigenvalue weighted by molar-refractivity contribution is 5.40. The molecule has 0 radical (unpaired) electrons. The van der Waals surface area contributed by atoms with Gasteiger partial charge in [0.15, 0.2) is 0 Å². The zero-order valence-corrected chi connectivity index (χ0v) is 12.7. The molecule has 0 aromatic carbocycles. The van der Waals surface area contributed by atoms with Crippen LogP contribution in [-0.2, 0) is 13.1 Å². The number of aromatic nitrogens is 2. The molecule has 0 saturated heterocycles. The smallest absolute Gasteiger partial charge is 0.128 e. The summed E-state index contributed by atoms with van der Waals surface area (Å²) < 4.78 is 0. The topological polar surface area (TPSA) is 41.0 Å². The minimum absolute atomic E-state index is 0.732. The molecule has 1 saturated carbocycles. The van der Waals surface area contributed by atoms with Crippen LogP contribution in [0, 0.1) is 6.92 Å². The van der Waals surface area contributed by atoms with Gasteiger partial charge in [0.05, 0.1) is 12.2 Å². The first kappa shape index (κ1) is 14.0. The van der Waals surface area contributed by atoms with Crippen LogP contribution in [0.3, 0.4) is 0 Å². The summed E-state index contributed by atoms with van der Waals surface area (Å²) in [6.07, 6.45) is 4.52. The lowest BCUT2D eigenvalue weighted by atomic mass is 10.2. The van der Waals surface area contributed by atoms with Gasteiger partial charge in [-0.05, 0) is 49.6 Å². The van der Waals surface area contributed by atoms with Crippen molar-refractivity contribution in [2.24, 2.45) is 0 Å². The van der Waals surface area contributed by atoms with Crippen LogP contribution in [0.25, 0.3) is 0 Å². The standard InChI is InChI=1S/C17H22N4/c1-13-4-3-5-16(20-13)12-21(2)17-10-14(8-9-18-17)11-19-15-6-7-15/h3-5,8-10,15,19H,6-7,11-12H2,1-2H3. The van der Waals surface area contributed by atoms with Crippen LogP contribution < -0.4 is 10.2 Å². The Bertz CT molecular complexity index is 607. The van der Waals surface area contributed by atoms with Crippen molar-refractivity contribution in [2.75, 3.05) is 11.9 Å². The van der Waals surface area contributed by atoms with Crippen LogP contribution in [0.15, 0.2) is 36.5 Å². The molecule has 0 spiro atoms. The molecule has 1 fully saturated rings. The van der Waals surface area contributed by atoms with Crippen LogP contribution in [0.5, 0.6) is 0 Å². The van der Waals surface area contributed by atoms with Crippen molar-refractivity contribution in [3.8, 4) is 0 Å². The molecular weight excluding hydrogens is 260 g/mol. The predicted molar refractivity (Wildman–Crippen MR) is 85.2 cm³/mol. The summed E-state index contributed by atoms with van der Waals surface area (Å²) in [4.78, 5) is 11.2. The monoisotopic (exact) mass is 282 g/mol. The van der Waals surface area contributed by atoms with E-state index in [0.717, 1.165) is 36.3 Å². The Balaban J connectivity index is 1.65. The Morgan fingerprint density at radius 1 is 1.29 bits per heavy atom. The fraction of sp³-hybridized carbons (Fsp3) is 0.412. The van der Waals surface area contributed by atoms with E-state index in [1.807, 2.05) is 19.2 Å². The Labute approximate surface area is 126 Å². The van der Waals surface area contributed by atoms with Gasteiger partial charge in [0.2, 0.25) is 0 Å². The highest BCUT2D eigenvalue weighted by Crippen LogP contribution is 2.20. The highest BCUT2D eigenvalue weighted by Gasteiger charge is 2.20. The molecule has 110 valence electrons. The van der Waals surface area contributed by atoms with Gasteiger partial charge in [0, 0.05) is 31.5 Å². The van der Waals surface area contributed by atoms with E-state index in [4.69, 9.17) is 0 Å². The van der Waals surface area contributed by atoms with Gasteiger partial charge in [-0.25, -0.2) is 4.98 Å². The van der Waals surface area contributed by atoms with Gasteiger partial charge < -0.3 is 10.2 Å². The second-order valence-corrected chi connectivity index (χ2v) is 5.80. The van der Waals surface area contributed by atoms with E-state index in [2.05, 4.69) is 51.5 Å². The third-order valence-electron chi connectivity index (χ3n) is 3.72. The first-order chi connectivity index (χ1) is 10.2. The van der Waals surface area contributed by atoms with Crippen molar-refractivity contribution in [1.29, 1.82) is 0 Å². The molecule has 3 rings (SSSR count). The number of hydrogen-bond acceptors (Lipinski definition) is 4. The minimum atomic E-state index is 0.732. The van der Waals surface area contributed by atoms with Crippen LogP contribution in [-0.4, -0.2) is 23.1 Å². The lowest BCUT2D eigenvalue weighted by Gasteiger charge is -2.18. The van der Waals surface area contributed by atoms with Crippen molar-refractivity contribution in [2.45, 2.75) is 38.9 Å². The van der Waals surface area contributed by atoms with E-state index in [1.54, 1.807) is 0 Å². The second-order valence-electron chi connectivity index (χ2n) is 5.80. The summed E-state index contributed by atoms with van der Waals surface area (Å²) in [6, 6.07) is 11.1. The normalized spacial score (nSPS) is 14.2. The third kappa shape index (κ3) is 4.02. The van der Waals surface area contributed by atoms with Crippen LogP contribution in [0.2, 0.25) is 0 Å². The number of anilines is 1. The lowest BCUT2D eigenvalue weighted by Crippen LogP contribution is -2.20. The molecule has 2 aromatic rings. The fourth-order valence-electron chi connectivity index (χ4n) is 2.34. The average molecular weight is 282 g/mol. The van der Waals surface area contributed by atoms with E-state index in [0.29, 0.717) is 0 Å². The van der Waals surface area contributed by atoms with Gasteiger partial charge in [0.25, 0.3) is 0 Å². The van der Waals surface area contributed by atoms with Crippen molar-refractivity contribution in [3.05, 3.63) is 53.5 Å². The van der Waals surface area contributed by atoms with Crippen molar-refractivity contribution in [3.63, 3.8) is 0 Å². The molecular formula is C17H22N4. The Morgan fingerprint density at radius 2 is 2.14 bits per heavy atom. The average Bonchev–Trinajstić information content (AvgIpc) is 3.30. The maximum atomic E-state index is 4.55. The molecule has 1 aliphatic rings. The highest BCUT2D eigenvalue weighted by atomic mass is 15.2. The van der Waals surface area contributed by atoms with Gasteiger partial charge in [-0.2, -0.15) is 0 Å². The van der Waals surface area contributed by atoms with Crippen molar-refractivity contribution >= 4 is 5.82 Å². The molecule has 0 aliphatic heterocycles. The number of hydrogen-bond donors (Lipinski definition) is 1. The maximum Gasteiger partial charge on any atom is 0.128 e. The number of pyridine rings is 2. The summed E-state index contributed by atoms with van der Waals surface area (Å²) in [6.45, 7) is 3.72. The molecule has 0 atom stereocenters. The van der Waals surface area contributed by atoms with Gasteiger partial charge >= 0.3 is 0 Å². The van der Waals surface area contributed by atoms with Crippen molar-refractivity contribution < 1.29 is 0 Å². The zero-order valence-electron chi connectivity index (χ0n) is 12.7. The number of nitrogens with zero attached hydrogens (tertiary/aromatic N) is 3. The first-order valence-electron chi connectivity index (χ1n) is 7.53.